The van der Waals surface area contributed by atoms with Crippen LogP contribution in [-0.2, 0) is 17.9 Å². The Kier molecular flexibility index (Phi) is 5.99. The van der Waals surface area contributed by atoms with E-state index in [1.165, 1.54) is 10.7 Å². The highest BCUT2D eigenvalue weighted by Gasteiger charge is 2.14. The third kappa shape index (κ3) is 4.46. The number of para-hydroxylation sites is 1. The van der Waals surface area contributed by atoms with Crippen LogP contribution in [0.3, 0.4) is 0 Å². The van der Waals surface area contributed by atoms with Crippen molar-refractivity contribution in [3.8, 4) is 10.6 Å². The summed E-state index contributed by atoms with van der Waals surface area (Å²) >= 11 is 1.57. The van der Waals surface area contributed by atoms with Crippen molar-refractivity contribution in [1.82, 2.24) is 30.1 Å². The summed E-state index contributed by atoms with van der Waals surface area (Å²) in [7, 11) is 0. The average Bonchev–Trinajstić information content (AvgIpc) is 3.43. The molecule has 0 saturated heterocycles. The molecule has 4 aromatic rings. The lowest BCUT2D eigenvalue weighted by Crippen LogP contribution is -2.40. The Labute approximate surface area is 177 Å². The minimum atomic E-state index is -0.186. The number of aromatic nitrogens is 5. The first-order valence-electron chi connectivity index (χ1n) is 9.83. The number of fused-ring (bicyclic) bond motifs is 1. The molecule has 0 aliphatic carbocycles. The minimum absolute atomic E-state index is 0.0936. The van der Waals surface area contributed by atoms with Crippen molar-refractivity contribution >= 4 is 28.3 Å². The molecule has 0 aliphatic heterocycles. The van der Waals surface area contributed by atoms with Crippen molar-refractivity contribution in [3.63, 3.8) is 0 Å². The van der Waals surface area contributed by atoms with E-state index in [1.54, 1.807) is 22.1 Å². The highest BCUT2D eigenvalue weighted by molar-refractivity contribution is 7.13. The standard InChI is InChI=1S/C21H22N6O2S/c1-2-15(14-27-21(29)10-9-17(24-27)19-8-5-13-30-19)22-20(28)11-12-26-18-7-4-3-6-16(18)23-25-26/h3-10,13,15H,2,11-12,14H2,1H3,(H,22,28)/t15-/m0/s1. The molecule has 154 valence electrons. The molecule has 30 heavy (non-hydrogen) atoms. The molecule has 3 heterocycles. The van der Waals surface area contributed by atoms with E-state index in [0.29, 0.717) is 19.5 Å². The number of nitrogens with one attached hydrogen (secondary N) is 1. The molecule has 1 atom stereocenters. The molecule has 0 spiro atoms. The summed E-state index contributed by atoms with van der Waals surface area (Å²) in [6.07, 6.45) is 0.969. The van der Waals surface area contributed by atoms with Crippen molar-refractivity contribution < 1.29 is 4.79 Å². The van der Waals surface area contributed by atoms with Crippen molar-refractivity contribution in [2.45, 2.75) is 38.9 Å². The van der Waals surface area contributed by atoms with Crippen LogP contribution < -0.4 is 10.9 Å². The van der Waals surface area contributed by atoms with Gasteiger partial charge in [0.25, 0.3) is 5.56 Å². The van der Waals surface area contributed by atoms with Crippen LogP contribution in [0.2, 0.25) is 0 Å². The SMILES string of the molecule is CC[C@@H](Cn1nc(-c2cccs2)ccc1=O)NC(=O)CCn1nnc2ccccc21. The number of nitrogens with zero attached hydrogens (tertiary/aromatic N) is 5. The van der Waals surface area contributed by atoms with Gasteiger partial charge in [-0.3, -0.25) is 9.59 Å². The third-order valence-corrected chi connectivity index (χ3v) is 5.75. The number of rotatable bonds is 8. The number of carbonyl (C=O) groups excluding carboxylic acids is 1. The number of amides is 1. The van der Waals surface area contributed by atoms with Crippen molar-refractivity contribution in [2.75, 3.05) is 0 Å². The summed E-state index contributed by atoms with van der Waals surface area (Å²) in [5.74, 6) is -0.0936. The third-order valence-electron chi connectivity index (χ3n) is 4.86. The van der Waals surface area contributed by atoms with E-state index in [-0.39, 0.29) is 23.9 Å². The number of benzene rings is 1. The minimum Gasteiger partial charge on any atom is -0.351 e. The average molecular weight is 423 g/mol. The van der Waals surface area contributed by atoms with Crippen LogP contribution in [-0.4, -0.2) is 36.7 Å². The van der Waals surface area contributed by atoms with Crippen LogP contribution in [0.4, 0.5) is 0 Å². The van der Waals surface area contributed by atoms with Crippen LogP contribution in [0.25, 0.3) is 21.6 Å². The first-order valence-corrected chi connectivity index (χ1v) is 10.7. The maximum atomic E-state index is 12.5. The molecule has 9 heteroatoms. The van der Waals surface area contributed by atoms with Crippen LogP contribution in [0.1, 0.15) is 19.8 Å². The molecular formula is C21H22N6O2S. The van der Waals surface area contributed by atoms with E-state index in [1.807, 2.05) is 48.7 Å². The van der Waals surface area contributed by atoms with Gasteiger partial charge in [-0.2, -0.15) is 5.10 Å². The Morgan fingerprint density at radius 1 is 1.13 bits per heavy atom. The summed E-state index contributed by atoms with van der Waals surface area (Å²) in [6, 6.07) is 14.6. The Bertz CT molecular complexity index is 1200. The van der Waals surface area contributed by atoms with Gasteiger partial charge in [-0.05, 0) is 36.1 Å². The number of carbonyl (C=O) groups is 1. The van der Waals surface area contributed by atoms with Crippen LogP contribution in [0.15, 0.2) is 58.7 Å². The van der Waals surface area contributed by atoms with Crippen LogP contribution in [0, 0.1) is 0 Å². The smallest absolute Gasteiger partial charge is 0.266 e. The van der Waals surface area contributed by atoms with Crippen LogP contribution >= 0.6 is 11.3 Å². The van der Waals surface area contributed by atoms with E-state index < -0.39 is 0 Å². The normalized spacial score (nSPS) is 12.2. The van der Waals surface area contributed by atoms with E-state index in [9.17, 15) is 9.59 Å². The first kappa shape index (κ1) is 20.0. The topological polar surface area (TPSA) is 94.7 Å². The molecule has 0 aliphatic rings. The number of thiophene rings is 1. The zero-order chi connectivity index (χ0) is 20.9. The molecule has 1 aromatic carbocycles. The van der Waals surface area contributed by atoms with E-state index >= 15 is 0 Å². The van der Waals surface area contributed by atoms with E-state index in [2.05, 4.69) is 20.7 Å². The molecule has 1 N–H and O–H groups in total. The summed E-state index contributed by atoms with van der Waals surface area (Å²) in [4.78, 5) is 25.8. The predicted octanol–water partition coefficient (Wildman–Crippen LogP) is 2.70. The molecule has 8 nitrogen and oxygen atoms in total. The highest BCUT2D eigenvalue weighted by Crippen LogP contribution is 2.21. The lowest BCUT2D eigenvalue weighted by atomic mass is 10.2. The Morgan fingerprint density at radius 3 is 2.80 bits per heavy atom. The number of hydrogen-bond donors (Lipinski definition) is 1. The largest absolute Gasteiger partial charge is 0.351 e. The molecule has 3 aromatic heterocycles. The van der Waals surface area contributed by atoms with E-state index in [0.717, 1.165) is 21.6 Å². The van der Waals surface area contributed by atoms with E-state index in [4.69, 9.17) is 0 Å². The van der Waals surface area contributed by atoms with Gasteiger partial charge in [-0.1, -0.05) is 30.3 Å². The highest BCUT2D eigenvalue weighted by atomic mass is 32.1. The van der Waals surface area contributed by atoms with Gasteiger partial charge in [0.15, 0.2) is 0 Å². The van der Waals surface area contributed by atoms with Gasteiger partial charge in [0.2, 0.25) is 5.91 Å². The molecule has 0 saturated carbocycles. The summed E-state index contributed by atoms with van der Waals surface area (Å²) in [6.45, 7) is 2.74. The number of aryl methyl sites for hydroxylation is 1. The maximum Gasteiger partial charge on any atom is 0.266 e. The van der Waals surface area contributed by atoms with Gasteiger partial charge >= 0.3 is 0 Å². The van der Waals surface area contributed by atoms with Crippen molar-refractivity contribution in [2.24, 2.45) is 0 Å². The van der Waals surface area contributed by atoms with Gasteiger partial charge in [-0.25, -0.2) is 9.36 Å². The molecule has 0 unspecified atom stereocenters. The summed E-state index contributed by atoms with van der Waals surface area (Å²) < 4.78 is 3.15. The molecule has 1 amide bonds. The predicted molar refractivity (Wildman–Crippen MR) is 116 cm³/mol. The van der Waals surface area contributed by atoms with Crippen LogP contribution in [0.5, 0.6) is 0 Å². The second-order valence-corrected chi connectivity index (χ2v) is 7.89. The second kappa shape index (κ2) is 9.00. The van der Waals surface area contributed by atoms with Gasteiger partial charge < -0.3 is 5.32 Å². The molecule has 0 bridgehead atoms. The van der Waals surface area contributed by atoms with Crippen molar-refractivity contribution in [1.29, 1.82) is 0 Å². The van der Waals surface area contributed by atoms with Gasteiger partial charge in [0, 0.05) is 18.5 Å². The second-order valence-electron chi connectivity index (χ2n) is 6.94. The fraction of sp³-hybridized carbons (Fsp3) is 0.286. The quantitative estimate of drug-likeness (QED) is 0.471. The fourth-order valence-electron chi connectivity index (χ4n) is 3.21. The first-order chi connectivity index (χ1) is 14.6. The maximum absolute atomic E-state index is 12.5. The van der Waals surface area contributed by atoms with Crippen molar-refractivity contribution in [3.05, 3.63) is 64.3 Å². The lowest BCUT2D eigenvalue weighted by molar-refractivity contribution is -0.122. The summed E-state index contributed by atoms with van der Waals surface area (Å²) in [5, 5.41) is 17.7. The summed E-state index contributed by atoms with van der Waals surface area (Å²) in [5.41, 5.74) is 2.28. The van der Waals surface area contributed by atoms with Gasteiger partial charge in [-0.15, -0.1) is 16.4 Å². The Morgan fingerprint density at radius 2 is 2.00 bits per heavy atom. The number of hydrogen-bond acceptors (Lipinski definition) is 6. The Balaban J connectivity index is 1.39. The zero-order valence-electron chi connectivity index (χ0n) is 16.6. The molecular weight excluding hydrogens is 400 g/mol. The van der Waals surface area contributed by atoms with Gasteiger partial charge in [0.05, 0.1) is 23.5 Å². The Hall–Kier alpha value is -3.33. The molecule has 0 radical (unpaired) electrons. The molecule has 4 rings (SSSR count). The molecule has 0 fully saturated rings. The van der Waals surface area contributed by atoms with Gasteiger partial charge in [0.1, 0.15) is 11.2 Å². The zero-order valence-corrected chi connectivity index (χ0v) is 17.4. The monoisotopic (exact) mass is 422 g/mol. The lowest BCUT2D eigenvalue weighted by Gasteiger charge is -2.18. The fourth-order valence-corrected chi connectivity index (χ4v) is 3.90.